The molecule has 1 atom stereocenters. The normalized spacial score (nSPS) is 15.7. The highest BCUT2D eigenvalue weighted by Crippen LogP contribution is 2.28. The van der Waals surface area contributed by atoms with Crippen LogP contribution in [-0.2, 0) is 17.8 Å². The van der Waals surface area contributed by atoms with Crippen molar-refractivity contribution in [2.45, 2.75) is 31.8 Å². The molecule has 4 rings (SSSR count). The third kappa shape index (κ3) is 5.16. The minimum absolute atomic E-state index is 0.0982. The van der Waals surface area contributed by atoms with Gasteiger partial charge in [0.25, 0.3) is 0 Å². The maximum atomic E-state index is 12.8. The maximum Gasteiger partial charge on any atom is 0.318 e. The van der Waals surface area contributed by atoms with E-state index in [1.807, 2.05) is 47.8 Å². The van der Waals surface area contributed by atoms with E-state index in [0.29, 0.717) is 31.1 Å². The van der Waals surface area contributed by atoms with Gasteiger partial charge >= 0.3 is 6.03 Å². The van der Waals surface area contributed by atoms with Crippen LogP contribution in [-0.4, -0.2) is 43.1 Å². The summed E-state index contributed by atoms with van der Waals surface area (Å²) >= 11 is 7.75. The van der Waals surface area contributed by atoms with Gasteiger partial charge in [-0.1, -0.05) is 23.7 Å². The van der Waals surface area contributed by atoms with Crippen molar-refractivity contribution in [3.05, 3.63) is 64.0 Å². The third-order valence-corrected chi connectivity index (χ3v) is 6.98. The van der Waals surface area contributed by atoms with Crippen molar-refractivity contribution in [1.29, 1.82) is 0 Å². The quantitative estimate of drug-likeness (QED) is 0.529. The molecule has 2 N–H and O–H groups in total. The second kappa shape index (κ2) is 10.2. The minimum Gasteiger partial charge on any atom is -0.497 e. The van der Waals surface area contributed by atoms with Gasteiger partial charge in [0.2, 0.25) is 5.91 Å². The second-order valence-electron chi connectivity index (χ2n) is 7.80. The first kappa shape index (κ1) is 22.4. The van der Waals surface area contributed by atoms with E-state index in [1.165, 1.54) is 0 Å². The first-order valence-corrected chi connectivity index (χ1v) is 11.9. The lowest BCUT2D eigenvalue weighted by molar-refractivity contribution is -0.124. The summed E-state index contributed by atoms with van der Waals surface area (Å²) in [7, 11) is 1.64. The lowest BCUT2D eigenvalue weighted by Crippen LogP contribution is -2.49. The van der Waals surface area contributed by atoms with E-state index in [1.54, 1.807) is 23.3 Å². The maximum absolute atomic E-state index is 12.8. The van der Waals surface area contributed by atoms with Crippen LogP contribution in [0.1, 0.15) is 24.0 Å². The number of amides is 3. The zero-order chi connectivity index (χ0) is 22.5. The number of carbonyl (C=O) groups is 2. The Morgan fingerprint density at radius 1 is 1.19 bits per heavy atom. The summed E-state index contributed by atoms with van der Waals surface area (Å²) in [6, 6.07) is 12.9. The van der Waals surface area contributed by atoms with E-state index in [2.05, 4.69) is 10.6 Å². The van der Waals surface area contributed by atoms with E-state index in [4.69, 9.17) is 16.3 Å². The number of nitrogens with one attached hydrogen (secondary N) is 2. The number of ether oxygens (including phenoxy) is 1. The van der Waals surface area contributed by atoms with Gasteiger partial charge in [0, 0.05) is 29.4 Å². The highest BCUT2D eigenvalue weighted by Gasteiger charge is 2.33. The van der Waals surface area contributed by atoms with Crippen LogP contribution in [0, 0.1) is 0 Å². The number of carbonyl (C=O) groups excluding carboxylic acids is 2. The average molecular weight is 472 g/mol. The Morgan fingerprint density at radius 3 is 2.78 bits per heavy atom. The van der Waals surface area contributed by atoms with Crippen LogP contribution in [0.3, 0.4) is 0 Å². The van der Waals surface area contributed by atoms with Crippen LogP contribution in [0.2, 0.25) is 5.02 Å². The topological polar surface area (TPSA) is 70.7 Å². The summed E-state index contributed by atoms with van der Waals surface area (Å²) in [4.78, 5) is 27.2. The molecule has 1 aromatic heterocycles. The number of nitrogens with zero attached hydrogens (tertiary/aromatic N) is 1. The number of hydrogen-bond acceptors (Lipinski definition) is 4. The zero-order valence-corrected chi connectivity index (χ0v) is 19.5. The Kier molecular flexibility index (Phi) is 7.17. The fourth-order valence-electron chi connectivity index (χ4n) is 3.99. The van der Waals surface area contributed by atoms with E-state index in [9.17, 15) is 9.59 Å². The van der Waals surface area contributed by atoms with Crippen LogP contribution in [0.5, 0.6) is 5.75 Å². The summed E-state index contributed by atoms with van der Waals surface area (Å²) in [6.45, 7) is 1.51. The van der Waals surface area contributed by atoms with Crippen molar-refractivity contribution in [1.82, 2.24) is 15.5 Å². The van der Waals surface area contributed by atoms with E-state index in [-0.39, 0.29) is 11.9 Å². The molecule has 168 valence electrons. The average Bonchev–Trinajstić information content (AvgIpc) is 3.45. The van der Waals surface area contributed by atoms with Crippen LogP contribution in [0.4, 0.5) is 4.79 Å². The predicted molar refractivity (Wildman–Crippen MR) is 129 cm³/mol. The molecule has 6 nitrogen and oxygen atoms in total. The molecule has 1 unspecified atom stereocenters. The standard InChI is InChI=1S/C24H26ClN3O3S/c1-31-19-7-4-16(5-8-19)10-11-26-23(29)21-3-2-12-28(21)24(30)27-14-17-15-32-22-9-6-18(25)13-20(17)22/h4-9,13,15,21H,2-3,10-12,14H2,1H3,(H,26,29)(H,27,30). The summed E-state index contributed by atoms with van der Waals surface area (Å²) in [6.07, 6.45) is 2.22. The number of fused-ring (bicyclic) bond motifs is 1. The van der Waals surface area contributed by atoms with E-state index < -0.39 is 6.04 Å². The van der Waals surface area contributed by atoms with Crippen molar-refractivity contribution in [3.8, 4) is 5.75 Å². The van der Waals surface area contributed by atoms with E-state index >= 15 is 0 Å². The monoisotopic (exact) mass is 471 g/mol. The largest absolute Gasteiger partial charge is 0.497 e. The molecule has 0 saturated carbocycles. The molecular weight excluding hydrogens is 446 g/mol. The Hall–Kier alpha value is -2.77. The van der Waals surface area contributed by atoms with Gasteiger partial charge in [0.1, 0.15) is 11.8 Å². The Morgan fingerprint density at radius 2 is 2.00 bits per heavy atom. The molecule has 1 aliphatic rings. The number of benzene rings is 2. The fourth-order valence-corrected chi connectivity index (χ4v) is 5.10. The first-order chi connectivity index (χ1) is 15.5. The van der Waals surface area contributed by atoms with Gasteiger partial charge in [-0.05, 0) is 71.5 Å². The second-order valence-corrected chi connectivity index (χ2v) is 9.15. The van der Waals surface area contributed by atoms with Crippen LogP contribution >= 0.6 is 22.9 Å². The molecule has 32 heavy (non-hydrogen) atoms. The van der Waals surface area contributed by atoms with Crippen molar-refractivity contribution in [2.75, 3.05) is 20.2 Å². The molecule has 0 bridgehead atoms. The predicted octanol–water partition coefficient (Wildman–Crippen LogP) is 4.60. The number of rotatable bonds is 7. The Labute approximate surface area is 196 Å². The van der Waals surface area contributed by atoms with Gasteiger partial charge in [0.05, 0.1) is 7.11 Å². The number of halogens is 1. The van der Waals surface area contributed by atoms with Gasteiger partial charge < -0.3 is 20.3 Å². The third-order valence-electron chi connectivity index (χ3n) is 5.73. The first-order valence-electron chi connectivity index (χ1n) is 10.7. The smallest absolute Gasteiger partial charge is 0.318 e. The molecule has 2 heterocycles. The van der Waals surface area contributed by atoms with Crippen molar-refractivity contribution < 1.29 is 14.3 Å². The molecule has 3 aromatic rings. The summed E-state index contributed by atoms with van der Waals surface area (Å²) in [5, 5.41) is 9.72. The molecule has 1 saturated heterocycles. The van der Waals surface area contributed by atoms with Crippen LogP contribution in [0.15, 0.2) is 47.8 Å². The minimum atomic E-state index is -0.431. The fraction of sp³-hybridized carbons (Fsp3) is 0.333. The lowest BCUT2D eigenvalue weighted by Gasteiger charge is -2.24. The molecule has 0 aliphatic carbocycles. The van der Waals surface area contributed by atoms with Gasteiger partial charge in [-0.25, -0.2) is 4.79 Å². The van der Waals surface area contributed by atoms with Gasteiger partial charge in [-0.15, -0.1) is 11.3 Å². The summed E-state index contributed by atoms with van der Waals surface area (Å²) in [5.74, 6) is 0.711. The molecule has 1 aliphatic heterocycles. The van der Waals surface area contributed by atoms with Crippen molar-refractivity contribution in [2.24, 2.45) is 0 Å². The highest BCUT2D eigenvalue weighted by molar-refractivity contribution is 7.17. The lowest BCUT2D eigenvalue weighted by atomic mass is 10.1. The number of thiophene rings is 1. The molecule has 0 radical (unpaired) electrons. The molecule has 0 spiro atoms. The van der Waals surface area contributed by atoms with Crippen molar-refractivity contribution >= 4 is 45.0 Å². The van der Waals surface area contributed by atoms with Gasteiger partial charge in [-0.3, -0.25) is 4.79 Å². The molecule has 8 heteroatoms. The van der Waals surface area contributed by atoms with Crippen LogP contribution in [0.25, 0.3) is 10.1 Å². The molecule has 1 fully saturated rings. The van der Waals surface area contributed by atoms with Gasteiger partial charge in [-0.2, -0.15) is 0 Å². The Bertz CT molecular complexity index is 1100. The molecule has 2 aromatic carbocycles. The Balaban J connectivity index is 1.29. The van der Waals surface area contributed by atoms with E-state index in [0.717, 1.165) is 39.8 Å². The highest BCUT2D eigenvalue weighted by atomic mass is 35.5. The molecule has 3 amide bonds. The van der Waals surface area contributed by atoms with Gasteiger partial charge in [0.15, 0.2) is 0 Å². The van der Waals surface area contributed by atoms with Crippen LogP contribution < -0.4 is 15.4 Å². The zero-order valence-electron chi connectivity index (χ0n) is 17.9. The SMILES string of the molecule is COc1ccc(CCNC(=O)C2CCCN2C(=O)NCc2csc3ccc(Cl)cc23)cc1. The van der Waals surface area contributed by atoms with Crippen molar-refractivity contribution in [3.63, 3.8) is 0 Å². The number of methoxy groups -OCH3 is 1. The summed E-state index contributed by atoms with van der Waals surface area (Å²) in [5.41, 5.74) is 2.15. The number of urea groups is 1. The summed E-state index contributed by atoms with van der Waals surface area (Å²) < 4.78 is 6.30. The number of likely N-dealkylation sites (tertiary alicyclic amines) is 1. The molecular formula is C24H26ClN3O3S. The number of hydrogen-bond donors (Lipinski definition) is 2.